The minimum absolute atomic E-state index is 0.164. The molecule has 1 unspecified atom stereocenters. The van der Waals surface area contributed by atoms with Gasteiger partial charge in [-0.2, -0.15) is 0 Å². The van der Waals surface area contributed by atoms with E-state index in [0.29, 0.717) is 30.8 Å². The van der Waals surface area contributed by atoms with Crippen LogP contribution in [0.4, 0.5) is 5.69 Å². The van der Waals surface area contributed by atoms with Crippen molar-refractivity contribution < 1.29 is 19.1 Å². The molecule has 0 spiro atoms. The summed E-state index contributed by atoms with van der Waals surface area (Å²) in [7, 11) is 0. The number of rotatable bonds is 8. The third-order valence-corrected chi connectivity index (χ3v) is 5.36. The highest BCUT2D eigenvalue weighted by atomic mass is 16.5. The summed E-state index contributed by atoms with van der Waals surface area (Å²) in [6.45, 7) is 4.94. The first-order chi connectivity index (χ1) is 16.0. The van der Waals surface area contributed by atoms with Crippen molar-refractivity contribution in [2.45, 2.75) is 45.6 Å². The minimum Gasteiger partial charge on any atom is -0.480 e. The number of amides is 2. The Bertz CT molecular complexity index is 1120. The van der Waals surface area contributed by atoms with E-state index >= 15 is 0 Å². The van der Waals surface area contributed by atoms with Gasteiger partial charge in [-0.1, -0.05) is 48.5 Å². The van der Waals surface area contributed by atoms with E-state index in [9.17, 15) is 9.59 Å². The lowest BCUT2D eigenvalue weighted by atomic mass is 10.1. The lowest BCUT2D eigenvalue weighted by molar-refractivity contribution is -0.122. The van der Waals surface area contributed by atoms with Crippen LogP contribution in [0.3, 0.4) is 0 Å². The first-order valence-electron chi connectivity index (χ1n) is 11.1. The molecule has 2 amide bonds. The second kappa shape index (κ2) is 10.3. The van der Waals surface area contributed by atoms with Crippen LogP contribution in [0.5, 0.6) is 5.75 Å². The van der Waals surface area contributed by atoms with Gasteiger partial charge < -0.3 is 20.1 Å². The van der Waals surface area contributed by atoms with Crippen molar-refractivity contribution >= 4 is 17.5 Å². The Kier molecular flexibility index (Phi) is 7.05. The summed E-state index contributed by atoms with van der Waals surface area (Å²) in [4.78, 5) is 25.3. The Labute approximate surface area is 193 Å². The van der Waals surface area contributed by atoms with Gasteiger partial charge in [0.1, 0.15) is 5.75 Å². The Hall–Kier alpha value is -3.64. The molecular formula is C27H28N2O4. The smallest absolute Gasteiger partial charge is 0.265 e. The minimum atomic E-state index is -0.577. The first kappa shape index (κ1) is 22.6. The van der Waals surface area contributed by atoms with Crippen LogP contribution in [-0.2, 0) is 29.1 Å². The van der Waals surface area contributed by atoms with Gasteiger partial charge in [0.15, 0.2) is 6.10 Å². The van der Waals surface area contributed by atoms with Gasteiger partial charge in [-0.25, -0.2) is 0 Å². The average molecular weight is 445 g/mol. The molecule has 4 rings (SSSR count). The third kappa shape index (κ3) is 5.99. The van der Waals surface area contributed by atoms with Crippen molar-refractivity contribution in [2.24, 2.45) is 0 Å². The predicted octanol–water partition coefficient (Wildman–Crippen LogP) is 4.48. The van der Waals surface area contributed by atoms with Crippen molar-refractivity contribution in [2.75, 3.05) is 5.32 Å². The molecule has 170 valence electrons. The van der Waals surface area contributed by atoms with Gasteiger partial charge in [-0.3, -0.25) is 9.59 Å². The number of benzene rings is 3. The molecule has 6 nitrogen and oxygen atoms in total. The monoisotopic (exact) mass is 444 g/mol. The van der Waals surface area contributed by atoms with Gasteiger partial charge in [0.2, 0.25) is 0 Å². The third-order valence-electron chi connectivity index (χ3n) is 5.36. The van der Waals surface area contributed by atoms with Gasteiger partial charge in [0.05, 0.1) is 12.7 Å². The maximum Gasteiger partial charge on any atom is 0.265 e. The molecule has 33 heavy (non-hydrogen) atoms. The van der Waals surface area contributed by atoms with Gasteiger partial charge in [-0.15, -0.1) is 0 Å². The Morgan fingerprint density at radius 2 is 1.79 bits per heavy atom. The number of carbonyl (C=O) groups is 2. The zero-order valence-corrected chi connectivity index (χ0v) is 18.8. The fraction of sp³-hybridized carbons (Fsp3) is 0.259. The van der Waals surface area contributed by atoms with E-state index in [1.54, 1.807) is 24.3 Å². The molecule has 0 radical (unpaired) electrons. The van der Waals surface area contributed by atoms with Crippen molar-refractivity contribution in [1.82, 2.24) is 5.32 Å². The highest BCUT2D eigenvalue weighted by Crippen LogP contribution is 2.28. The van der Waals surface area contributed by atoms with Gasteiger partial charge in [-0.05, 0) is 54.8 Å². The normalized spacial score (nSPS) is 14.5. The SMILES string of the molecule is CC(C)OCc1cccc(CNC(=O)c2cccc(NC(=O)C3Cc4ccccc4O3)c2)c1. The molecule has 2 N–H and O–H groups in total. The average Bonchev–Trinajstić information content (AvgIpc) is 3.26. The summed E-state index contributed by atoms with van der Waals surface area (Å²) in [6, 6.07) is 22.5. The summed E-state index contributed by atoms with van der Waals surface area (Å²) < 4.78 is 11.4. The molecule has 0 aliphatic carbocycles. The Balaban J connectivity index is 1.33. The van der Waals surface area contributed by atoms with E-state index in [-0.39, 0.29) is 17.9 Å². The largest absolute Gasteiger partial charge is 0.480 e. The fourth-order valence-corrected chi connectivity index (χ4v) is 3.67. The lowest BCUT2D eigenvalue weighted by Crippen LogP contribution is -2.31. The highest BCUT2D eigenvalue weighted by molar-refractivity contribution is 5.98. The van der Waals surface area contributed by atoms with E-state index < -0.39 is 6.10 Å². The summed E-state index contributed by atoms with van der Waals surface area (Å²) >= 11 is 0. The highest BCUT2D eigenvalue weighted by Gasteiger charge is 2.28. The fourth-order valence-electron chi connectivity index (χ4n) is 3.67. The number of carbonyl (C=O) groups excluding carboxylic acids is 2. The predicted molar refractivity (Wildman–Crippen MR) is 127 cm³/mol. The number of para-hydroxylation sites is 1. The second-order valence-electron chi connectivity index (χ2n) is 8.35. The van der Waals surface area contributed by atoms with Gasteiger partial charge in [0, 0.05) is 24.2 Å². The molecule has 0 saturated carbocycles. The molecule has 0 aromatic heterocycles. The Morgan fingerprint density at radius 3 is 2.61 bits per heavy atom. The molecule has 1 aliphatic rings. The number of ether oxygens (including phenoxy) is 2. The van der Waals surface area contributed by atoms with E-state index in [1.807, 2.05) is 62.4 Å². The van der Waals surface area contributed by atoms with Crippen LogP contribution in [0.15, 0.2) is 72.8 Å². The van der Waals surface area contributed by atoms with Crippen LogP contribution in [0.25, 0.3) is 0 Å². The van der Waals surface area contributed by atoms with Crippen LogP contribution >= 0.6 is 0 Å². The number of nitrogens with one attached hydrogen (secondary N) is 2. The molecule has 1 atom stereocenters. The van der Waals surface area contributed by atoms with E-state index in [2.05, 4.69) is 10.6 Å². The van der Waals surface area contributed by atoms with Crippen LogP contribution < -0.4 is 15.4 Å². The molecule has 6 heteroatoms. The number of hydrogen-bond donors (Lipinski definition) is 2. The number of fused-ring (bicyclic) bond motifs is 1. The quantitative estimate of drug-likeness (QED) is 0.537. The second-order valence-corrected chi connectivity index (χ2v) is 8.35. The summed E-state index contributed by atoms with van der Waals surface area (Å²) in [5, 5.41) is 5.80. The van der Waals surface area contributed by atoms with Crippen LogP contribution in [0.2, 0.25) is 0 Å². The van der Waals surface area contributed by atoms with Gasteiger partial charge >= 0.3 is 0 Å². The molecule has 1 aliphatic heterocycles. The van der Waals surface area contributed by atoms with Crippen molar-refractivity contribution in [3.8, 4) is 5.75 Å². The van der Waals surface area contributed by atoms with Crippen molar-refractivity contribution in [3.63, 3.8) is 0 Å². The summed E-state index contributed by atoms with van der Waals surface area (Å²) in [5.41, 5.74) is 4.11. The number of anilines is 1. The Morgan fingerprint density at radius 1 is 1.00 bits per heavy atom. The molecule has 0 saturated heterocycles. The lowest BCUT2D eigenvalue weighted by Gasteiger charge is -2.12. The first-order valence-corrected chi connectivity index (χ1v) is 11.1. The maximum atomic E-state index is 12.7. The van der Waals surface area contributed by atoms with E-state index in [0.717, 1.165) is 22.4 Å². The van der Waals surface area contributed by atoms with Crippen LogP contribution in [-0.4, -0.2) is 24.0 Å². The van der Waals surface area contributed by atoms with E-state index in [1.165, 1.54) is 0 Å². The number of hydrogen-bond acceptors (Lipinski definition) is 4. The molecule has 0 fully saturated rings. The molecular weight excluding hydrogens is 416 g/mol. The molecule has 1 heterocycles. The van der Waals surface area contributed by atoms with Crippen molar-refractivity contribution in [1.29, 1.82) is 0 Å². The van der Waals surface area contributed by atoms with Crippen LogP contribution in [0, 0.1) is 0 Å². The molecule has 0 bridgehead atoms. The molecule has 3 aromatic carbocycles. The van der Waals surface area contributed by atoms with E-state index in [4.69, 9.17) is 9.47 Å². The maximum absolute atomic E-state index is 12.7. The van der Waals surface area contributed by atoms with Crippen LogP contribution in [0.1, 0.15) is 40.9 Å². The molecule has 3 aromatic rings. The zero-order chi connectivity index (χ0) is 23.2. The standard InChI is InChI=1S/C27H28N2O4/c1-18(2)32-17-20-8-5-7-19(13-20)16-28-26(30)22-10-6-11-23(14-22)29-27(31)25-15-21-9-3-4-12-24(21)33-25/h3-14,18,25H,15-17H2,1-2H3,(H,28,30)(H,29,31). The topological polar surface area (TPSA) is 76.7 Å². The summed E-state index contributed by atoms with van der Waals surface area (Å²) in [6.07, 6.45) is 0.118. The zero-order valence-electron chi connectivity index (χ0n) is 18.8. The summed E-state index contributed by atoms with van der Waals surface area (Å²) in [5.74, 6) is 0.300. The van der Waals surface area contributed by atoms with Crippen molar-refractivity contribution in [3.05, 3.63) is 95.1 Å². The van der Waals surface area contributed by atoms with Gasteiger partial charge in [0.25, 0.3) is 11.8 Å².